The van der Waals surface area contributed by atoms with Crippen molar-refractivity contribution in [2.24, 2.45) is 5.41 Å². The zero-order valence-corrected chi connectivity index (χ0v) is 18.0. The molecule has 2 N–H and O–H groups in total. The van der Waals surface area contributed by atoms with Crippen LogP contribution in [0.15, 0.2) is 36.3 Å². The molecule has 0 radical (unpaired) electrons. The Hall–Kier alpha value is -4.06. The Morgan fingerprint density at radius 3 is 2.52 bits per heavy atom. The van der Waals surface area contributed by atoms with Gasteiger partial charge in [-0.25, -0.2) is 9.97 Å². The molecule has 0 spiro atoms. The third-order valence-electron chi connectivity index (χ3n) is 4.41. The zero-order valence-electron chi connectivity index (χ0n) is 18.0. The Labute approximate surface area is 179 Å². The van der Waals surface area contributed by atoms with Crippen LogP contribution in [-0.4, -0.2) is 50.6 Å². The van der Waals surface area contributed by atoms with Gasteiger partial charge in [-0.3, -0.25) is 14.6 Å². The van der Waals surface area contributed by atoms with Crippen LogP contribution in [-0.2, 0) is 4.79 Å². The number of nitrogens with zero attached hydrogens (tertiary/aromatic N) is 5. The maximum absolute atomic E-state index is 12.7. The molecule has 0 aliphatic heterocycles. The second-order valence-electron chi connectivity index (χ2n) is 8.20. The number of pyridine rings is 1. The van der Waals surface area contributed by atoms with Crippen LogP contribution < -0.4 is 5.32 Å². The number of H-pyrrole nitrogens is 1. The molecule has 3 heterocycles. The number of anilines is 2. The molecule has 0 saturated heterocycles. The van der Waals surface area contributed by atoms with Crippen molar-refractivity contribution in [1.82, 2.24) is 24.8 Å². The largest absolute Gasteiger partial charge is 0.344 e. The van der Waals surface area contributed by atoms with Gasteiger partial charge in [-0.05, 0) is 18.2 Å². The van der Waals surface area contributed by atoms with Crippen LogP contribution in [0.1, 0.15) is 36.8 Å². The van der Waals surface area contributed by atoms with Gasteiger partial charge in [0.05, 0.1) is 29.3 Å². The molecule has 0 aromatic carbocycles. The van der Waals surface area contributed by atoms with Crippen LogP contribution in [0.25, 0.3) is 17.2 Å². The lowest BCUT2D eigenvalue weighted by atomic mass is 9.87. The average molecular weight is 417 g/mol. The van der Waals surface area contributed by atoms with Gasteiger partial charge in [0.2, 0.25) is 0 Å². The molecule has 0 aliphatic rings. The first-order valence-corrected chi connectivity index (χ1v) is 9.55. The number of nitriles is 1. The van der Waals surface area contributed by atoms with E-state index in [1.54, 1.807) is 44.8 Å². The van der Waals surface area contributed by atoms with Crippen molar-refractivity contribution >= 4 is 40.4 Å². The van der Waals surface area contributed by atoms with E-state index < -0.39 is 5.41 Å². The molecule has 9 heteroatoms. The van der Waals surface area contributed by atoms with Crippen LogP contribution >= 0.6 is 0 Å². The molecule has 0 saturated carbocycles. The summed E-state index contributed by atoms with van der Waals surface area (Å²) in [5, 5.41) is 12.3. The third-order valence-corrected chi connectivity index (χ3v) is 4.41. The molecule has 3 aromatic rings. The molecule has 3 aromatic heterocycles. The number of likely N-dealkylation sites (N-methyl/N-ethyl adjacent to an activating group) is 1. The number of fused-ring (bicyclic) bond motifs is 1. The minimum Gasteiger partial charge on any atom is -0.344 e. The Morgan fingerprint density at radius 2 is 1.94 bits per heavy atom. The summed E-state index contributed by atoms with van der Waals surface area (Å²) in [4.78, 5) is 42.1. The molecule has 31 heavy (non-hydrogen) atoms. The minimum absolute atomic E-state index is 0.00182. The maximum atomic E-state index is 12.7. The quantitative estimate of drug-likeness (QED) is 0.370. The summed E-state index contributed by atoms with van der Waals surface area (Å²) in [5.41, 5.74) is 2.10. The van der Waals surface area contributed by atoms with E-state index in [9.17, 15) is 14.9 Å². The van der Waals surface area contributed by atoms with Crippen molar-refractivity contribution in [3.05, 3.63) is 47.6 Å². The number of rotatable bonds is 5. The number of ketones is 1. The molecule has 0 bridgehead atoms. The number of hydrogen-bond donors (Lipinski definition) is 2. The molecule has 0 fully saturated rings. The van der Waals surface area contributed by atoms with Gasteiger partial charge < -0.3 is 15.2 Å². The molecule has 3 rings (SSSR count). The number of carbonyl (C=O) groups is 2. The van der Waals surface area contributed by atoms with Gasteiger partial charge in [-0.1, -0.05) is 20.8 Å². The van der Waals surface area contributed by atoms with Crippen molar-refractivity contribution in [3.8, 4) is 6.07 Å². The van der Waals surface area contributed by atoms with Crippen LogP contribution in [0.3, 0.4) is 0 Å². The lowest BCUT2D eigenvalue weighted by Crippen LogP contribution is -2.22. The maximum Gasteiger partial charge on any atom is 0.264 e. The van der Waals surface area contributed by atoms with E-state index in [0.29, 0.717) is 33.9 Å². The Kier molecular flexibility index (Phi) is 5.83. The summed E-state index contributed by atoms with van der Waals surface area (Å²) in [6.45, 7) is 5.57. The van der Waals surface area contributed by atoms with E-state index in [1.165, 1.54) is 11.0 Å². The van der Waals surface area contributed by atoms with Gasteiger partial charge in [-0.15, -0.1) is 0 Å². The Balaban J connectivity index is 1.84. The summed E-state index contributed by atoms with van der Waals surface area (Å²) in [6, 6.07) is 5.32. The first-order valence-electron chi connectivity index (χ1n) is 9.55. The van der Waals surface area contributed by atoms with Crippen molar-refractivity contribution in [3.63, 3.8) is 0 Å². The first-order chi connectivity index (χ1) is 14.6. The van der Waals surface area contributed by atoms with Crippen LogP contribution in [0.5, 0.6) is 0 Å². The number of aromatic nitrogens is 4. The predicted molar refractivity (Wildman–Crippen MR) is 117 cm³/mol. The van der Waals surface area contributed by atoms with Crippen LogP contribution in [0.2, 0.25) is 0 Å². The Morgan fingerprint density at radius 1 is 1.19 bits per heavy atom. The molecule has 0 atom stereocenters. The molecular weight excluding hydrogens is 394 g/mol. The molecule has 0 unspecified atom stereocenters. The summed E-state index contributed by atoms with van der Waals surface area (Å²) in [7, 11) is 3.16. The van der Waals surface area contributed by atoms with Gasteiger partial charge in [0.1, 0.15) is 23.0 Å². The smallest absolute Gasteiger partial charge is 0.264 e. The van der Waals surface area contributed by atoms with E-state index in [0.717, 1.165) is 0 Å². The molecule has 158 valence electrons. The highest BCUT2D eigenvalue weighted by Gasteiger charge is 2.26. The van der Waals surface area contributed by atoms with E-state index >= 15 is 0 Å². The number of amides is 1. The summed E-state index contributed by atoms with van der Waals surface area (Å²) >= 11 is 0. The molecule has 1 amide bonds. The molecular formula is C22H23N7O2. The van der Waals surface area contributed by atoms with Crippen molar-refractivity contribution in [2.45, 2.75) is 20.8 Å². The number of hydrogen-bond acceptors (Lipinski definition) is 7. The molecule has 9 nitrogen and oxygen atoms in total. The lowest BCUT2D eigenvalue weighted by Gasteiger charge is -2.15. The van der Waals surface area contributed by atoms with E-state index in [2.05, 4.69) is 25.3 Å². The van der Waals surface area contributed by atoms with Crippen molar-refractivity contribution in [1.29, 1.82) is 5.26 Å². The van der Waals surface area contributed by atoms with Gasteiger partial charge >= 0.3 is 0 Å². The van der Waals surface area contributed by atoms with Crippen LogP contribution in [0, 0.1) is 16.7 Å². The highest BCUT2D eigenvalue weighted by atomic mass is 16.2. The van der Waals surface area contributed by atoms with Gasteiger partial charge in [-0.2, -0.15) is 5.26 Å². The average Bonchev–Trinajstić information content (AvgIpc) is 3.14. The minimum atomic E-state index is -0.538. The van der Waals surface area contributed by atoms with Gasteiger partial charge in [0.15, 0.2) is 11.4 Å². The third kappa shape index (κ3) is 4.75. The topological polar surface area (TPSA) is 128 Å². The van der Waals surface area contributed by atoms with E-state index in [4.69, 9.17) is 0 Å². The van der Waals surface area contributed by atoms with E-state index in [-0.39, 0.29) is 17.3 Å². The fraction of sp³-hybridized carbons (Fsp3) is 0.273. The van der Waals surface area contributed by atoms with Crippen molar-refractivity contribution < 1.29 is 9.59 Å². The Bertz CT molecular complexity index is 1210. The second kappa shape index (κ2) is 8.36. The molecule has 0 aliphatic carbocycles. The standard InChI is InChI=1S/C22H23N7O2/c1-22(2,3)19(30)16-11-25-20-18(16)28-17(12-26-20)27-15-7-6-14(24-10-15)8-13(9-23)21(31)29(4)5/h6-8,10-12H,1-5H3,(H,25,26)(H,27,28)/b13-8+. The van der Waals surface area contributed by atoms with E-state index in [1.807, 2.05) is 26.8 Å². The number of Topliss-reactive ketones (excluding diaryl/α,β-unsaturated/α-hetero) is 1. The second-order valence-corrected chi connectivity index (χ2v) is 8.20. The first kappa shape index (κ1) is 21.6. The highest BCUT2D eigenvalue weighted by Crippen LogP contribution is 2.26. The number of nitrogens with one attached hydrogen (secondary N) is 2. The monoisotopic (exact) mass is 417 g/mol. The summed E-state index contributed by atoms with van der Waals surface area (Å²) in [6.07, 6.45) is 6.18. The van der Waals surface area contributed by atoms with Crippen LogP contribution in [0.4, 0.5) is 11.5 Å². The predicted octanol–water partition coefficient (Wildman–Crippen LogP) is 3.32. The lowest BCUT2D eigenvalue weighted by molar-refractivity contribution is -0.124. The fourth-order valence-corrected chi connectivity index (χ4v) is 2.77. The number of carbonyl (C=O) groups excluding carboxylic acids is 2. The van der Waals surface area contributed by atoms with Gasteiger partial charge in [0.25, 0.3) is 5.91 Å². The summed E-state index contributed by atoms with van der Waals surface area (Å²) in [5.74, 6) is 0.0476. The zero-order chi connectivity index (χ0) is 22.8. The number of aromatic amines is 1. The fourth-order valence-electron chi connectivity index (χ4n) is 2.77. The normalized spacial score (nSPS) is 11.8. The summed E-state index contributed by atoms with van der Waals surface area (Å²) < 4.78 is 0. The van der Waals surface area contributed by atoms with Gasteiger partial charge in [0, 0.05) is 25.7 Å². The van der Waals surface area contributed by atoms with Crippen molar-refractivity contribution in [2.75, 3.05) is 19.4 Å². The highest BCUT2D eigenvalue weighted by molar-refractivity contribution is 6.08. The SMILES string of the molecule is CN(C)C(=O)/C(C#N)=C/c1ccc(Nc2cnc3[nH]cc(C(=O)C(C)(C)C)c3n2)cn1.